The summed E-state index contributed by atoms with van der Waals surface area (Å²) < 4.78 is 27.1. The van der Waals surface area contributed by atoms with Crippen molar-refractivity contribution >= 4 is 46.4 Å². The molecule has 1 aromatic carbocycles. The Kier molecular flexibility index (Phi) is 9.89. The number of aryl methyl sites for hydroxylation is 1. The number of benzene rings is 1. The van der Waals surface area contributed by atoms with Crippen molar-refractivity contribution in [1.82, 2.24) is 14.9 Å². The van der Waals surface area contributed by atoms with Crippen LogP contribution in [0.5, 0.6) is 0 Å². The highest BCUT2D eigenvalue weighted by Crippen LogP contribution is 2.22. The van der Waals surface area contributed by atoms with Crippen LogP contribution in [0.25, 0.3) is 0 Å². The summed E-state index contributed by atoms with van der Waals surface area (Å²) in [4.78, 5) is 2.39. The van der Waals surface area contributed by atoms with Crippen LogP contribution < -0.4 is 10.0 Å². The number of nitrogens with zero attached hydrogens (tertiary/aromatic N) is 1. The van der Waals surface area contributed by atoms with E-state index in [2.05, 4.69) is 14.9 Å². The van der Waals surface area contributed by atoms with Crippen molar-refractivity contribution in [3.05, 3.63) is 28.8 Å². The predicted octanol–water partition coefficient (Wildman–Crippen LogP) is 1.68. The molecule has 0 amide bonds. The minimum atomic E-state index is -3.54. The van der Waals surface area contributed by atoms with Crippen molar-refractivity contribution in [3.8, 4) is 0 Å². The standard InChI is InChI=1S/C13H20ClN3O2S.2ClH/c1-11-2-3-12(14)13(10-11)20(18,19)16-6-9-17-7-4-15-5-8-17;;/h2-3,10,15-16H,4-9H2,1H3;2*1H. The molecule has 0 aliphatic carbocycles. The zero-order chi connectivity index (χ0) is 14.6. The van der Waals surface area contributed by atoms with Gasteiger partial charge in [-0.15, -0.1) is 24.8 Å². The Morgan fingerprint density at radius 2 is 1.91 bits per heavy atom. The zero-order valence-electron chi connectivity index (χ0n) is 12.3. The van der Waals surface area contributed by atoms with E-state index in [0.29, 0.717) is 13.1 Å². The van der Waals surface area contributed by atoms with Gasteiger partial charge in [0, 0.05) is 39.3 Å². The van der Waals surface area contributed by atoms with Crippen molar-refractivity contribution in [2.45, 2.75) is 11.8 Å². The minimum absolute atomic E-state index is 0. The second-order valence-electron chi connectivity index (χ2n) is 4.92. The lowest BCUT2D eigenvalue weighted by atomic mass is 10.2. The third-order valence-corrected chi connectivity index (χ3v) is 5.25. The molecule has 1 aromatic rings. The molecular formula is C13H22Cl3N3O2S. The van der Waals surface area contributed by atoms with E-state index >= 15 is 0 Å². The molecule has 0 saturated carbocycles. The summed E-state index contributed by atoms with van der Waals surface area (Å²) in [7, 11) is -3.54. The summed E-state index contributed by atoms with van der Waals surface area (Å²) in [6.45, 7) is 6.76. The summed E-state index contributed by atoms with van der Waals surface area (Å²) in [6.07, 6.45) is 0. The first-order chi connectivity index (χ1) is 9.49. The predicted molar refractivity (Wildman–Crippen MR) is 95.2 cm³/mol. The Morgan fingerprint density at radius 3 is 2.55 bits per heavy atom. The fraction of sp³-hybridized carbons (Fsp3) is 0.538. The van der Waals surface area contributed by atoms with Gasteiger partial charge in [0.15, 0.2) is 0 Å². The van der Waals surface area contributed by atoms with Crippen molar-refractivity contribution in [2.24, 2.45) is 0 Å². The molecule has 0 aromatic heterocycles. The number of halogens is 3. The molecule has 1 heterocycles. The number of hydrogen-bond acceptors (Lipinski definition) is 4. The lowest BCUT2D eigenvalue weighted by Gasteiger charge is -2.27. The number of nitrogens with one attached hydrogen (secondary N) is 2. The van der Waals surface area contributed by atoms with Gasteiger partial charge >= 0.3 is 0 Å². The summed E-state index contributed by atoms with van der Waals surface area (Å²) >= 11 is 5.97. The van der Waals surface area contributed by atoms with Crippen molar-refractivity contribution < 1.29 is 8.42 Å². The molecule has 0 unspecified atom stereocenters. The van der Waals surface area contributed by atoms with Crippen LogP contribution in [-0.2, 0) is 10.0 Å². The monoisotopic (exact) mass is 389 g/mol. The van der Waals surface area contributed by atoms with E-state index in [9.17, 15) is 8.42 Å². The second kappa shape index (κ2) is 9.93. The Hall–Kier alpha value is -0.0800. The number of sulfonamides is 1. The molecule has 1 aliphatic rings. The van der Waals surface area contributed by atoms with Crippen LogP contribution in [0.2, 0.25) is 5.02 Å². The molecule has 1 saturated heterocycles. The van der Waals surface area contributed by atoms with E-state index in [1.54, 1.807) is 18.2 Å². The normalized spacial score (nSPS) is 15.7. The number of piperazine rings is 1. The van der Waals surface area contributed by atoms with Crippen molar-refractivity contribution in [3.63, 3.8) is 0 Å². The summed E-state index contributed by atoms with van der Waals surface area (Å²) in [5, 5.41) is 3.52. The Morgan fingerprint density at radius 1 is 1.27 bits per heavy atom. The Labute approximate surface area is 149 Å². The van der Waals surface area contributed by atoms with Gasteiger partial charge in [0.05, 0.1) is 5.02 Å². The highest BCUT2D eigenvalue weighted by molar-refractivity contribution is 7.89. The topological polar surface area (TPSA) is 61.4 Å². The number of hydrogen-bond donors (Lipinski definition) is 2. The summed E-state index contributed by atoms with van der Waals surface area (Å²) in [5.74, 6) is 0. The van der Waals surface area contributed by atoms with Crippen molar-refractivity contribution in [2.75, 3.05) is 39.3 Å². The fourth-order valence-corrected chi connectivity index (χ4v) is 3.77. The molecule has 0 spiro atoms. The van der Waals surface area contributed by atoms with E-state index in [1.165, 1.54) is 0 Å². The molecule has 0 bridgehead atoms. The smallest absolute Gasteiger partial charge is 0.242 e. The third-order valence-electron chi connectivity index (χ3n) is 3.31. The molecule has 0 radical (unpaired) electrons. The van der Waals surface area contributed by atoms with Gasteiger partial charge in [0.1, 0.15) is 4.90 Å². The molecule has 1 fully saturated rings. The van der Waals surface area contributed by atoms with Crippen LogP contribution in [-0.4, -0.2) is 52.6 Å². The average Bonchev–Trinajstić information content (AvgIpc) is 2.42. The molecular weight excluding hydrogens is 369 g/mol. The molecule has 22 heavy (non-hydrogen) atoms. The average molecular weight is 391 g/mol. The highest BCUT2D eigenvalue weighted by Gasteiger charge is 2.18. The first kappa shape index (κ1) is 21.9. The van der Waals surface area contributed by atoms with Gasteiger partial charge in [-0.2, -0.15) is 0 Å². The minimum Gasteiger partial charge on any atom is -0.314 e. The van der Waals surface area contributed by atoms with E-state index in [4.69, 9.17) is 11.6 Å². The van der Waals surface area contributed by atoms with Gasteiger partial charge in [-0.3, -0.25) is 4.90 Å². The van der Waals surface area contributed by atoms with Gasteiger partial charge in [-0.25, -0.2) is 13.1 Å². The molecule has 2 rings (SSSR count). The Bertz CT molecular complexity index is 564. The fourth-order valence-electron chi connectivity index (χ4n) is 2.17. The van der Waals surface area contributed by atoms with Gasteiger partial charge < -0.3 is 5.32 Å². The maximum Gasteiger partial charge on any atom is 0.242 e. The van der Waals surface area contributed by atoms with E-state index in [1.807, 2.05) is 6.92 Å². The van der Waals surface area contributed by atoms with E-state index in [-0.39, 0.29) is 34.7 Å². The lowest BCUT2D eigenvalue weighted by molar-refractivity contribution is 0.245. The molecule has 5 nitrogen and oxygen atoms in total. The van der Waals surface area contributed by atoms with Crippen LogP contribution in [0.15, 0.2) is 23.1 Å². The van der Waals surface area contributed by atoms with Crippen LogP contribution in [0, 0.1) is 6.92 Å². The highest BCUT2D eigenvalue weighted by atomic mass is 35.5. The molecule has 0 atom stereocenters. The van der Waals surface area contributed by atoms with Crippen LogP contribution in [0.1, 0.15) is 5.56 Å². The quantitative estimate of drug-likeness (QED) is 0.803. The van der Waals surface area contributed by atoms with E-state index < -0.39 is 10.0 Å². The maximum atomic E-state index is 12.2. The first-order valence-corrected chi connectivity index (χ1v) is 8.54. The first-order valence-electron chi connectivity index (χ1n) is 6.68. The maximum absolute atomic E-state index is 12.2. The van der Waals surface area contributed by atoms with Gasteiger partial charge in [-0.1, -0.05) is 17.7 Å². The lowest BCUT2D eigenvalue weighted by Crippen LogP contribution is -2.46. The molecule has 128 valence electrons. The Balaban J connectivity index is 0.00000220. The summed E-state index contributed by atoms with van der Waals surface area (Å²) in [5.41, 5.74) is 0.872. The van der Waals surface area contributed by atoms with Gasteiger partial charge in [0.25, 0.3) is 0 Å². The molecule has 9 heteroatoms. The van der Waals surface area contributed by atoms with Crippen LogP contribution in [0.3, 0.4) is 0 Å². The number of rotatable bonds is 5. The van der Waals surface area contributed by atoms with Gasteiger partial charge in [0.2, 0.25) is 10.0 Å². The summed E-state index contributed by atoms with van der Waals surface area (Å²) in [6, 6.07) is 5.00. The SMILES string of the molecule is Cc1ccc(Cl)c(S(=O)(=O)NCCN2CCNCC2)c1.Cl.Cl. The second-order valence-corrected chi connectivity index (χ2v) is 7.07. The van der Waals surface area contributed by atoms with Crippen molar-refractivity contribution in [1.29, 1.82) is 0 Å². The molecule has 1 aliphatic heterocycles. The van der Waals surface area contributed by atoms with Gasteiger partial charge in [-0.05, 0) is 24.6 Å². The largest absolute Gasteiger partial charge is 0.314 e. The molecule has 2 N–H and O–H groups in total. The zero-order valence-corrected chi connectivity index (χ0v) is 15.5. The third kappa shape index (κ3) is 6.20. The van der Waals surface area contributed by atoms with Crippen LogP contribution in [0.4, 0.5) is 0 Å². The van der Waals surface area contributed by atoms with E-state index in [0.717, 1.165) is 31.7 Å². The van der Waals surface area contributed by atoms with Crippen LogP contribution >= 0.6 is 36.4 Å².